The van der Waals surface area contributed by atoms with Gasteiger partial charge in [-0.15, -0.1) is 5.10 Å². The molecule has 0 N–H and O–H groups in total. The second kappa shape index (κ2) is 8.27. The third-order valence-electron chi connectivity index (χ3n) is 4.95. The molecule has 130 valence electrons. The molecule has 2 heterocycles. The number of carbonyl (C=O) groups excluding carboxylic acids is 1. The number of likely N-dealkylation sites (tertiary alicyclic amines) is 1. The molecule has 1 saturated heterocycles. The molecule has 1 fully saturated rings. The SMILES string of the molecule is CCCCCCCCC(N1CCCC1=O)n1nnc2ccccc21. The van der Waals surface area contributed by atoms with E-state index in [4.69, 9.17) is 0 Å². The summed E-state index contributed by atoms with van der Waals surface area (Å²) in [6.07, 6.45) is 10.2. The molecule has 3 rings (SSSR count). The molecular weight excluding hydrogens is 300 g/mol. The lowest BCUT2D eigenvalue weighted by Crippen LogP contribution is -2.34. The van der Waals surface area contributed by atoms with Gasteiger partial charge >= 0.3 is 0 Å². The van der Waals surface area contributed by atoms with Crippen LogP contribution in [0, 0.1) is 0 Å². The Morgan fingerprint density at radius 2 is 1.92 bits per heavy atom. The third kappa shape index (κ3) is 3.77. The van der Waals surface area contributed by atoms with E-state index in [1.165, 1.54) is 32.1 Å². The standard InChI is InChI=1S/C19H28N4O/c1-2-3-4-5-6-7-13-18(22-15-10-14-19(22)24)23-17-12-9-8-11-16(17)20-21-23/h8-9,11-12,18H,2-7,10,13-15H2,1H3. The van der Waals surface area contributed by atoms with Crippen molar-refractivity contribution in [2.24, 2.45) is 0 Å². The van der Waals surface area contributed by atoms with Gasteiger partial charge in [-0.25, -0.2) is 4.68 Å². The molecule has 5 heteroatoms. The first kappa shape index (κ1) is 16.9. The highest BCUT2D eigenvalue weighted by Crippen LogP contribution is 2.28. The molecule has 24 heavy (non-hydrogen) atoms. The molecule has 2 aromatic rings. The predicted molar refractivity (Wildman–Crippen MR) is 95.5 cm³/mol. The molecular formula is C19H28N4O. The number of rotatable bonds is 9. The van der Waals surface area contributed by atoms with Gasteiger partial charge < -0.3 is 4.90 Å². The smallest absolute Gasteiger partial charge is 0.224 e. The van der Waals surface area contributed by atoms with Crippen molar-refractivity contribution in [3.05, 3.63) is 24.3 Å². The fourth-order valence-electron chi connectivity index (χ4n) is 3.61. The van der Waals surface area contributed by atoms with Crippen molar-refractivity contribution in [1.82, 2.24) is 19.9 Å². The minimum atomic E-state index is 0.0126. The molecule has 1 aliphatic heterocycles. The van der Waals surface area contributed by atoms with E-state index in [2.05, 4.69) is 17.2 Å². The lowest BCUT2D eigenvalue weighted by atomic mass is 10.1. The van der Waals surface area contributed by atoms with Crippen molar-refractivity contribution in [2.45, 2.75) is 70.9 Å². The number of hydrogen-bond acceptors (Lipinski definition) is 3. The van der Waals surface area contributed by atoms with Crippen LogP contribution in [0.25, 0.3) is 11.0 Å². The molecule has 1 aliphatic rings. The number of para-hydroxylation sites is 1. The third-order valence-corrected chi connectivity index (χ3v) is 4.95. The minimum absolute atomic E-state index is 0.0126. The van der Waals surface area contributed by atoms with Crippen LogP contribution in [0.15, 0.2) is 24.3 Å². The maximum atomic E-state index is 12.3. The first-order valence-corrected chi connectivity index (χ1v) is 9.40. The summed E-state index contributed by atoms with van der Waals surface area (Å²) in [7, 11) is 0. The van der Waals surface area contributed by atoms with Gasteiger partial charge in [0, 0.05) is 13.0 Å². The molecule has 1 unspecified atom stereocenters. The molecule has 1 aromatic heterocycles. The van der Waals surface area contributed by atoms with Crippen LogP contribution in [0.2, 0.25) is 0 Å². The zero-order valence-corrected chi connectivity index (χ0v) is 14.7. The van der Waals surface area contributed by atoms with Crippen LogP contribution in [0.3, 0.4) is 0 Å². The van der Waals surface area contributed by atoms with Crippen molar-refractivity contribution in [1.29, 1.82) is 0 Å². The van der Waals surface area contributed by atoms with Crippen LogP contribution in [-0.2, 0) is 4.79 Å². The number of aromatic nitrogens is 3. The van der Waals surface area contributed by atoms with E-state index in [9.17, 15) is 4.79 Å². The second-order valence-corrected chi connectivity index (χ2v) is 6.75. The van der Waals surface area contributed by atoms with Crippen LogP contribution in [0.4, 0.5) is 0 Å². The van der Waals surface area contributed by atoms with E-state index in [1.807, 2.05) is 33.8 Å². The monoisotopic (exact) mass is 328 g/mol. The summed E-state index contributed by atoms with van der Waals surface area (Å²) in [5.74, 6) is 0.255. The van der Waals surface area contributed by atoms with Gasteiger partial charge in [0.25, 0.3) is 0 Å². The zero-order chi connectivity index (χ0) is 16.8. The van der Waals surface area contributed by atoms with Gasteiger partial charge in [0.2, 0.25) is 5.91 Å². The van der Waals surface area contributed by atoms with Gasteiger partial charge in [-0.2, -0.15) is 0 Å². The van der Waals surface area contributed by atoms with Crippen LogP contribution in [-0.4, -0.2) is 32.3 Å². The first-order valence-electron chi connectivity index (χ1n) is 9.40. The number of unbranched alkanes of at least 4 members (excludes halogenated alkanes) is 5. The van der Waals surface area contributed by atoms with Crippen LogP contribution >= 0.6 is 0 Å². The normalized spacial score (nSPS) is 16.2. The first-order chi connectivity index (χ1) is 11.8. The predicted octanol–water partition coefficient (Wildman–Crippen LogP) is 4.30. The van der Waals surface area contributed by atoms with E-state index in [-0.39, 0.29) is 12.1 Å². The summed E-state index contributed by atoms with van der Waals surface area (Å²) in [6, 6.07) is 8.01. The maximum absolute atomic E-state index is 12.3. The van der Waals surface area contributed by atoms with E-state index in [0.717, 1.165) is 36.8 Å². The van der Waals surface area contributed by atoms with Crippen molar-refractivity contribution in [3.8, 4) is 0 Å². The summed E-state index contributed by atoms with van der Waals surface area (Å²) >= 11 is 0. The van der Waals surface area contributed by atoms with Crippen LogP contribution in [0.1, 0.15) is 70.9 Å². The average molecular weight is 328 g/mol. The van der Waals surface area contributed by atoms with Crippen LogP contribution < -0.4 is 0 Å². The number of fused-ring (bicyclic) bond motifs is 1. The molecule has 1 amide bonds. The zero-order valence-electron chi connectivity index (χ0n) is 14.7. The number of amides is 1. The number of nitrogens with zero attached hydrogens (tertiary/aromatic N) is 4. The lowest BCUT2D eigenvalue weighted by molar-refractivity contribution is -0.131. The molecule has 1 aromatic carbocycles. The van der Waals surface area contributed by atoms with Crippen molar-refractivity contribution in [3.63, 3.8) is 0 Å². The average Bonchev–Trinajstić information content (AvgIpc) is 3.21. The molecule has 0 aliphatic carbocycles. The van der Waals surface area contributed by atoms with Gasteiger partial charge in [-0.1, -0.05) is 56.4 Å². The Hall–Kier alpha value is -1.91. The van der Waals surface area contributed by atoms with E-state index in [1.54, 1.807) is 0 Å². The Balaban J connectivity index is 1.71. The van der Waals surface area contributed by atoms with Gasteiger partial charge in [0.05, 0.1) is 5.52 Å². The topological polar surface area (TPSA) is 51.0 Å². The quantitative estimate of drug-likeness (QED) is 0.645. The maximum Gasteiger partial charge on any atom is 0.224 e. The Labute approximate surface area is 144 Å². The van der Waals surface area contributed by atoms with Crippen molar-refractivity contribution < 1.29 is 4.79 Å². The van der Waals surface area contributed by atoms with Crippen molar-refractivity contribution in [2.75, 3.05) is 6.54 Å². The molecule has 0 saturated carbocycles. The Morgan fingerprint density at radius 3 is 2.71 bits per heavy atom. The summed E-state index contributed by atoms with van der Waals surface area (Å²) in [4.78, 5) is 14.3. The minimum Gasteiger partial charge on any atom is -0.320 e. The van der Waals surface area contributed by atoms with E-state index >= 15 is 0 Å². The molecule has 0 radical (unpaired) electrons. The Morgan fingerprint density at radius 1 is 1.12 bits per heavy atom. The number of benzene rings is 1. The number of hydrogen-bond donors (Lipinski definition) is 0. The highest BCUT2D eigenvalue weighted by atomic mass is 16.2. The molecule has 0 spiro atoms. The van der Waals surface area contributed by atoms with Crippen molar-refractivity contribution >= 4 is 16.9 Å². The van der Waals surface area contributed by atoms with Gasteiger partial charge in [-0.05, 0) is 31.4 Å². The summed E-state index contributed by atoms with van der Waals surface area (Å²) < 4.78 is 1.96. The van der Waals surface area contributed by atoms with E-state index in [0.29, 0.717) is 6.42 Å². The highest BCUT2D eigenvalue weighted by Gasteiger charge is 2.30. The van der Waals surface area contributed by atoms with Gasteiger partial charge in [0.15, 0.2) is 0 Å². The number of carbonyl (C=O) groups is 1. The largest absolute Gasteiger partial charge is 0.320 e. The molecule has 0 bridgehead atoms. The second-order valence-electron chi connectivity index (χ2n) is 6.75. The lowest BCUT2D eigenvalue weighted by Gasteiger charge is -2.28. The van der Waals surface area contributed by atoms with Gasteiger partial charge in [-0.3, -0.25) is 4.79 Å². The van der Waals surface area contributed by atoms with Crippen LogP contribution in [0.5, 0.6) is 0 Å². The molecule has 5 nitrogen and oxygen atoms in total. The Kier molecular flexibility index (Phi) is 5.83. The Bertz CT molecular complexity index is 666. The fraction of sp³-hybridized carbons (Fsp3) is 0.632. The molecule has 1 atom stereocenters. The summed E-state index contributed by atoms with van der Waals surface area (Å²) in [5.41, 5.74) is 1.92. The summed E-state index contributed by atoms with van der Waals surface area (Å²) in [6.45, 7) is 3.08. The summed E-state index contributed by atoms with van der Waals surface area (Å²) in [5, 5.41) is 8.66. The van der Waals surface area contributed by atoms with E-state index < -0.39 is 0 Å². The highest BCUT2D eigenvalue weighted by molar-refractivity contribution is 5.79. The fourth-order valence-corrected chi connectivity index (χ4v) is 3.61. The van der Waals surface area contributed by atoms with Gasteiger partial charge in [0.1, 0.15) is 11.7 Å².